The van der Waals surface area contributed by atoms with E-state index < -0.39 is 0 Å². The Bertz CT molecular complexity index is 356. The first-order valence-electron chi connectivity index (χ1n) is 5.02. The molecule has 0 aliphatic rings. The molecule has 1 aromatic rings. The average Bonchev–Trinajstić information content (AvgIpc) is 2.22. The van der Waals surface area contributed by atoms with Crippen LogP contribution in [0.25, 0.3) is 0 Å². The standard InChI is InChI=1S/C11H16Cl2N2O/c1-7(14)5-15-6-8-3-10(13)11(16-2)4-9(8)12/h3-4,7,15H,5-6,14H2,1-2H3. The van der Waals surface area contributed by atoms with Gasteiger partial charge in [-0.25, -0.2) is 0 Å². The fraction of sp³-hybridized carbons (Fsp3) is 0.455. The lowest BCUT2D eigenvalue weighted by Crippen LogP contribution is -2.30. The second kappa shape index (κ2) is 6.30. The van der Waals surface area contributed by atoms with Crippen molar-refractivity contribution in [2.45, 2.75) is 19.5 Å². The van der Waals surface area contributed by atoms with Gasteiger partial charge in [0.1, 0.15) is 5.75 Å². The third-order valence-corrected chi connectivity index (χ3v) is 2.75. The Morgan fingerprint density at radius 3 is 2.62 bits per heavy atom. The number of nitrogens with two attached hydrogens (primary N) is 1. The molecule has 0 spiro atoms. The third kappa shape index (κ3) is 3.83. The molecule has 0 heterocycles. The Hall–Kier alpha value is -0.480. The van der Waals surface area contributed by atoms with Gasteiger partial charge in [0.05, 0.1) is 12.1 Å². The highest BCUT2D eigenvalue weighted by molar-refractivity contribution is 6.34. The number of benzene rings is 1. The quantitative estimate of drug-likeness (QED) is 0.857. The van der Waals surface area contributed by atoms with Crippen LogP contribution in [0, 0.1) is 0 Å². The zero-order chi connectivity index (χ0) is 12.1. The van der Waals surface area contributed by atoms with Crippen molar-refractivity contribution in [1.82, 2.24) is 5.32 Å². The lowest BCUT2D eigenvalue weighted by molar-refractivity contribution is 0.415. The molecule has 0 bridgehead atoms. The molecule has 0 saturated heterocycles. The third-order valence-electron chi connectivity index (χ3n) is 2.10. The van der Waals surface area contributed by atoms with Gasteiger partial charge < -0.3 is 15.8 Å². The number of ether oxygens (including phenoxy) is 1. The van der Waals surface area contributed by atoms with Gasteiger partial charge in [0.25, 0.3) is 0 Å². The Morgan fingerprint density at radius 1 is 1.38 bits per heavy atom. The predicted molar refractivity (Wildman–Crippen MR) is 68.4 cm³/mol. The summed E-state index contributed by atoms with van der Waals surface area (Å²) in [4.78, 5) is 0. The van der Waals surface area contributed by atoms with Crippen molar-refractivity contribution in [3.05, 3.63) is 27.7 Å². The summed E-state index contributed by atoms with van der Waals surface area (Å²) in [6.07, 6.45) is 0. The molecule has 0 saturated carbocycles. The van der Waals surface area contributed by atoms with Gasteiger partial charge in [0, 0.05) is 30.2 Å². The topological polar surface area (TPSA) is 47.3 Å². The summed E-state index contributed by atoms with van der Waals surface area (Å²) in [5, 5.41) is 4.39. The molecule has 1 rings (SSSR count). The normalized spacial score (nSPS) is 12.6. The Kier molecular flexibility index (Phi) is 5.35. The lowest BCUT2D eigenvalue weighted by atomic mass is 10.2. The van der Waals surface area contributed by atoms with E-state index in [-0.39, 0.29) is 6.04 Å². The molecule has 1 aromatic carbocycles. The lowest BCUT2D eigenvalue weighted by Gasteiger charge is -2.11. The van der Waals surface area contributed by atoms with E-state index in [9.17, 15) is 0 Å². The zero-order valence-electron chi connectivity index (χ0n) is 9.39. The predicted octanol–water partition coefficient (Wildman–Crippen LogP) is 2.44. The zero-order valence-corrected chi connectivity index (χ0v) is 10.9. The molecule has 3 N–H and O–H groups in total. The molecular formula is C11H16Cl2N2O. The SMILES string of the molecule is COc1cc(Cl)c(CNCC(C)N)cc1Cl. The number of methoxy groups -OCH3 is 1. The fourth-order valence-electron chi connectivity index (χ4n) is 1.30. The Balaban J connectivity index is 2.70. The molecule has 90 valence electrons. The van der Waals surface area contributed by atoms with Crippen LogP contribution in [0.15, 0.2) is 12.1 Å². The second-order valence-corrected chi connectivity index (χ2v) is 4.50. The van der Waals surface area contributed by atoms with Crippen molar-refractivity contribution in [3.63, 3.8) is 0 Å². The van der Waals surface area contributed by atoms with Gasteiger partial charge in [-0.3, -0.25) is 0 Å². The summed E-state index contributed by atoms with van der Waals surface area (Å²) >= 11 is 12.1. The van der Waals surface area contributed by atoms with Gasteiger partial charge in [0.2, 0.25) is 0 Å². The average molecular weight is 263 g/mol. The van der Waals surface area contributed by atoms with Crippen molar-refractivity contribution in [2.24, 2.45) is 5.73 Å². The number of halogens is 2. The fourth-order valence-corrected chi connectivity index (χ4v) is 1.78. The molecule has 16 heavy (non-hydrogen) atoms. The van der Waals surface area contributed by atoms with E-state index >= 15 is 0 Å². The first-order chi connectivity index (χ1) is 7.54. The van der Waals surface area contributed by atoms with Gasteiger partial charge in [-0.05, 0) is 18.6 Å². The molecule has 0 aromatic heterocycles. The van der Waals surface area contributed by atoms with Gasteiger partial charge in [-0.2, -0.15) is 0 Å². The van der Waals surface area contributed by atoms with Gasteiger partial charge >= 0.3 is 0 Å². The van der Waals surface area contributed by atoms with Gasteiger partial charge in [0.15, 0.2) is 0 Å². The molecule has 0 aliphatic carbocycles. The second-order valence-electron chi connectivity index (χ2n) is 3.69. The van der Waals surface area contributed by atoms with E-state index in [0.717, 1.165) is 12.1 Å². The minimum Gasteiger partial charge on any atom is -0.495 e. The van der Waals surface area contributed by atoms with E-state index in [0.29, 0.717) is 22.3 Å². The van der Waals surface area contributed by atoms with Crippen molar-refractivity contribution < 1.29 is 4.74 Å². The van der Waals surface area contributed by atoms with Crippen LogP contribution in [0.4, 0.5) is 0 Å². The Labute approximate surface area is 106 Å². The first kappa shape index (κ1) is 13.6. The van der Waals surface area contributed by atoms with E-state index in [1.54, 1.807) is 19.2 Å². The van der Waals surface area contributed by atoms with Crippen LogP contribution in [-0.4, -0.2) is 19.7 Å². The smallest absolute Gasteiger partial charge is 0.138 e. The summed E-state index contributed by atoms with van der Waals surface area (Å²) in [5.41, 5.74) is 6.57. The number of nitrogens with one attached hydrogen (secondary N) is 1. The van der Waals surface area contributed by atoms with Crippen molar-refractivity contribution >= 4 is 23.2 Å². The minimum absolute atomic E-state index is 0.118. The van der Waals surface area contributed by atoms with Gasteiger partial charge in [-0.1, -0.05) is 23.2 Å². The molecule has 0 amide bonds. The maximum absolute atomic E-state index is 6.09. The number of hydrogen-bond acceptors (Lipinski definition) is 3. The minimum atomic E-state index is 0.118. The summed E-state index contributed by atoms with van der Waals surface area (Å²) in [6.45, 7) is 3.32. The molecular weight excluding hydrogens is 247 g/mol. The van der Waals surface area contributed by atoms with Crippen molar-refractivity contribution in [2.75, 3.05) is 13.7 Å². The van der Waals surface area contributed by atoms with E-state index in [2.05, 4.69) is 5.32 Å². The van der Waals surface area contributed by atoms with Crippen LogP contribution >= 0.6 is 23.2 Å². The number of hydrogen-bond donors (Lipinski definition) is 2. The number of rotatable bonds is 5. The highest BCUT2D eigenvalue weighted by atomic mass is 35.5. The van der Waals surface area contributed by atoms with Crippen LogP contribution in [0.3, 0.4) is 0 Å². The highest BCUT2D eigenvalue weighted by Gasteiger charge is 2.07. The van der Waals surface area contributed by atoms with Gasteiger partial charge in [-0.15, -0.1) is 0 Å². The van der Waals surface area contributed by atoms with Crippen LogP contribution in [0.2, 0.25) is 10.0 Å². The van der Waals surface area contributed by atoms with Crippen LogP contribution < -0.4 is 15.8 Å². The van der Waals surface area contributed by atoms with Crippen LogP contribution in [0.5, 0.6) is 5.75 Å². The molecule has 1 unspecified atom stereocenters. The summed E-state index contributed by atoms with van der Waals surface area (Å²) < 4.78 is 5.07. The van der Waals surface area contributed by atoms with E-state index in [1.807, 2.05) is 6.92 Å². The first-order valence-corrected chi connectivity index (χ1v) is 5.78. The molecule has 5 heteroatoms. The molecule has 0 radical (unpaired) electrons. The highest BCUT2D eigenvalue weighted by Crippen LogP contribution is 2.30. The maximum atomic E-state index is 6.09. The Morgan fingerprint density at radius 2 is 2.06 bits per heavy atom. The van der Waals surface area contributed by atoms with Crippen LogP contribution in [0.1, 0.15) is 12.5 Å². The molecule has 3 nitrogen and oxygen atoms in total. The molecule has 0 aliphatic heterocycles. The van der Waals surface area contributed by atoms with Crippen molar-refractivity contribution in [1.29, 1.82) is 0 Å². The monoisotopic (exact) mass is 262 g/mol. The maximum Gasteiger partial charge on any atom is 0.138 e. The van der Waals surface area contributed by atoms with E-state index in [4.69, 9.17) is 33.7 Å². The summed E-state index contributed by atoms with van der Waals surface area (Å²) in [6, 6.07) is 3.64. The molecule has 0 fully saturated rings. The summed E-state index contributed by atoms with van der Waals surface area (Å²) in [5.74, 6) is 0.586. The van der Waals surface area contributed by atoms with E-state index in [1.165, 1.54) is 0 Å². The summed E-state index contributed by atoms with van der Waals surface area (Å²) in [7, 11) is 1.56. The van der Waals surface area contributed by atoms with Crippen LogP contribution in [-0.2, 0) is 6.54 Å². The van der Waals surface area contributed by atoms with Crippen molar-refractivity contribution in [3.8, 4) is 5.75 Å². The molecule has 1 atom stereocenters. The largest absolute Gasteiger partial charge is 0.495 e.